The molecule has 2 aromatic carbocycles. The highest BCUT2D eigenvalue weighted by molar-refractivity contribution is 7.20. The standard InChI is InChI=1S/C18H14N4O2S/c23-16-10-11-19-18-22(16)21-17(25-18)20-12-13-6-4-5-9-15(13)24-14-7-2-1-3-8-14/h1-11H,12H2,(H,20,21). The van der Waals surface area contributed by atoms with Crippen molar-refractivity contribution in [3.8, 4) is 11.5 Å². The van der Waals surface area contributed by atoms with E-state index in [1.807, 2.05) is 54.6 Å². The number of ether oxygens (including phenoxy) is 1. The van der Waals surface area contributed by atoms with Crippen molar-refractivity contribution in [2.45, 2.75) is 6.54 Å². The Balaban J connectivity index is 1.54. The van der Waals surface area contributed by atoms with Crippen LogP contribution in [0.2, 0.25) is 0 Å². The molecule has 0 saturated heterocycles. The monoisotopic (exact) mass is 350 g/mol. The minimum absolute atomic E-state index is 0.192. The first-order valence-corrected chi connectivity index (χ1v) is 8.51. The minimum atomic E-state index is -0.192. The van der Waals surface area contributed by atoms with Crippen LogP contribution in [-0.2, 0) is 6.54 Å². The average Bonchev–Trinajstić information content (AvgIpc) is 3.06. The van der Waals surface area contributed by atoms with Gasteiger partial charge in [-0.2, -0.15) is 4.52 Å². The molecule has 2 aromatic heterocycles. The van der Waals surface area contributed by atoms with Crippen LogP contribution < -0.4 is 15.6 Å². The predicted octanol–water partition coefficient (Wildman–Crippen LogP) is 3.56. The summed E-state index contributed by atoms with van der Waals surface area (Å²) >= 11 is 1.33. The first-order chi connectivity index (χ1) is 12.3. The predicted molar refractivity (Wildman–Crippen MR) is 97.4 cm³/mol. The Kier molecular flexibility index (Phi) is 4.14. The third kappa shape index (κ3) is 3.36. The Morgan fingerprint density at radius 2 is 1.84 bits per heavy atom. The lowest BCUT2D eigenvalue weighted by Crippen LogP contribution is -2.12. The number of nitrogens with one attached hydrogen (secondary N) is 1. The van der Waals surface area contributed by atoms with Gasteiger partial charge in [0.05, 0.1) is 0 Å². The smallest absolute Gasteiger partial charge is 0.275 e. The first-order valence-electron chi connectivity index (χ1n) is 7.69. The van der Waals surface area contributed by atoms with Crippen molar-refractivity contribution in [1.29, 1.82) is 0 Å². The molecular weight excluding hydrogens is 336 g/mol. The lowest BCUT2D eigenvalue weighted by atomic mass is 10.2. The molecule has 2 heterocycles. The number of nitrogens with zero attached hydrogens (tertiary/aromatic N) is 3. The van der Waals surface area contributed by atoms with Gasteiger partial charge in [0.2, 0.25) is 10.1 Å². The molecule has 0 amide bonds. The molecule has 124 valence electrons. The number of benzene rings is 2. The SMILES string of the molecule is O=c1ccnc2sc(NCc3ccccc3Oc3ccccc3)nn12. The Labute approximate surface area is 147 Å². The zero-order chi connectivity index (χ0) is 17.1. The summed E-state index contributed by atoms with van der Waals surface area (Å²) in [5, 5.41) is 8.11. The molecule has 25 heavy (non-hydrogen) atoms. The molecule has 0 radical (unpaired) electrons. The molecule has 0 atom stereocenters. The summed E-state index contributed by atoms with van der Waals surface area (Å²) in [5.74, 6) is 1.56. The molecular formula is C18H14N4O2S. The van der Waals surface area contributed by atoms with E-state index in [2.05, 4.69) is 15.4 Å². The number of rotatable bonds is 5. The van der Waals surface area contributed by atoms with Crippen LogP contribution in [0.4, 0.5) is 5.13 Å². The van der Waals surface area contributed by atoms with Gasteiger partial charge in [-0.25, -0.2) is 4.98 Å². The van der Waals surface area contributed by atoms with Crippen LogP contribution in [0.25, 0.3) is 4.96 Å². The van der Waals surface area contributed by atoms with E-state index in [-0.39, 0.29) is 5.56 Å². The lowest BCUT2D eigenvalue weighted by molar-refractivity contribution is 0.477. The summed E-state index contributed by atoms with van der Waals surface area (Å²) in [5.41, 5.74) is 0.799. The molecule has 0 saturated carbocycles. The van der Waals surface area contributed by atoms with E-state index in [0.29, 0.717) is 16.6 Å². The van der Waals surface area contributed by atoms with Gasteiger partial charge in [-0.1, -0.05) is 47.7 Å². The summed E-state index contributed by atoms with van der Waals surface area (Å²) in [4.78, 5) is 16.4. The quantitative estimate of drug-likeness (QED) is 0.596. The zero-order valence-electron chi connectivity index (χ0n) is 13.1. The fourth-order valence-corrected chi connectivity index (χ4v) is 3.12. The number of hydrogen-bond acceptors (Lipinski definition) is 6. The third-order valence-electron chi connectivity index (χ3n) is 3.54. The maximum Gasteiger partial charge on any atom is 0.275 e. The number of hydrogen-bond donors (Lipinski definition) is 1. The van der Waals surface area contributed by atoms with Crippen LogP contribution >= 0.6 is 11.3 Å². The fourth-order valence-electron chi connectivity index (χ4n) is 2.35. The maximum absolute atomic E-state index is 11.7. The van der Waals surface area contributed by atoms with Gasteiger partial charge in [-0.3, -0.25) is 4.79 Å². The number of aromatic nitrogens is 3. The van der Waals surface area contributed by atoms with Gasteiger partial charge in [0.15, 0.2) is 0 Å². The van der Waals surface area contributed by atoms with Crippen LogP contribution in [0.15, 0.2) is 71.7 Å². The second-order valence-electron chi connectivity index (χ2n) is 5.26. The third-order valence-corrected chi connectivity index (χ3v) is 4.42. The zero-order valence-corrected chi connectivity index (χ0v) is 13.9. The molecule has 0 aliphatic carbocycles. The molecule has 0 bridgehead atoms. The highest BCUT2D eigenvalue weighted by Gasteiger charge is 2.08. The average molecular weight is 350 g/mol. The highest BCUT2D eigenvalue weighted by atomic mass is 32.1. The first kappa shape index (κ1) is 15.3. The van der Waals surface area contributed by atoms with Gasteiger partial charge in [0, 0.05) is 24.4 Å². The Morgan fingerprint density at radius 1 is 1.04 bits per heavy atom. The van der Waals surface area contributed by atoms with Crippen LogP contribution in [0.3, 0.4) is 0 Å². The van der Waals surface area contributed by atoms with Gasteiger partial charge in [0.1, 0.15) is 11.5 Å². The molecule has 0 unspecified atom stereocenters. The topological polar surface area (TPSA) is 68.5 Å². The van der Waals surface area contributed by atoms with Gasteiger partial charge in [-0.05, 0) is 18.2 Å². The van der Waals surface area contributed by atoms with Crippen molar-refractivity contribution < 1.29 is 4.74 Å². The van der Waals surface area contributed by atoms with Crippen molar-refractivity contribution in [2.75, 3.05) is 5.32 Å². The summed E-state index contributed by atoms with van der Waals surface area (Å²) in [6.45, 7) is 0.525. The molecule has 0 aliphatic heterocycles. The molecule has 0 fully saturated rings. The van der Waals surface area contributed by atoms with Crippen molar-refractivity contribution >= 4 is 21.4 Å². The van der Waals surface area contributed by atoms with Crippen LogP contribution in [0.1, 0.15) is 5.56 Å². The van der Waals surface area contributed by atoms with Gasteiger partial charge in [-0.15, -0.1) is 5.10 Å². The molecule has 0 spiro atoms. The van der Waals surface area contributed by atoms with E-state index in [1.54, 1.807) is 0 Å². The van der Waals surface area contributed by atoms with E-state index < -0.39 is 0 Å². The Morgan fingerprint density at radius 3 is 2.68 bits per heavy atom. The van der Waals surface area contributed by atoms with Crippen LogP contribution in [0.5, 0.6) is 11.5 Å². The number of fused-ring (bicyclic) bond motifs is 1. The Hall–Kier alpha value is -3.19. The summed E-state index contributed by atoms with van der Waals surface area (Å²) in [7, 11) is 0. The fraction of sp³-hybridized carbons (Fsp3) is 0.0556. The van der Waals surface area contributed by atoms with Crippen molar-refractivity contribution in [2.24, 2.45) is 0 Å². The molecule has 4 aromatic rings. The van der Waals surface area contributed by atoms with Crippen LogP contribution in [-0.4, -0.2) is 14.6 Å². The van der Waals surface area contributed by atoms with Crippen molar-refractivity contribution in [1.82, 2.24) is 14.6 Å². The number of para-hydroxylation sites is 2. The number of anilines is 1. The largest absolute Gasteiger partial charge is 0.457 e. The summed E-state index contributed by atoms with van der Waals surface area (Å²) in [6, 6.07) is 18.8. The Bertz CT molecular complexity index is 1060. The molecule has 4 rings (SSSR count). The van der Waals surface area contributed by atoms with Crippen molar-refractivity contribution in [3.05, 3.63) is 82.8 Å². The van der Waals surface area contributed by atoms with E-state index in [0.717, 1.165) is 17.1 Å². The van der Waals surface area contributed by atoms with Gasteiger partial charge < -0.3 is 10.1 Å². The molecule has 6 nitrogen and oxygen atoms in total. The minimum Gasteiger partial charge on any atom is -0.457 e. The molecule has 1 N–H and O–H groups in total. The molecule has 7 heteroatoms. The van der Waals surface area contributed by atoms with Crippen LogP contribution in [0, 0.1) is 0 Å². The normalized spacial score (nSPS) is 10.7. The van der Waals surface area contributed by atoms with Gasteiger partial charge in [0.25, 0.3) is 5.56 Å². The van der Waals surface area contributed by atoms with E-state index in [4.69, 9.17) is 4.74 Å². The second-order valence-corrected chi connectivity index (χ2v) is 6.22. The summed E-state index contributed by atoms with van der Waals surface area (Å²) in [6.07, 6.45) is 1.49. The second kappa shape index (κ2) is 6.74. The van der Waals surface area contributed by atoms with Gasteiger partial charge >= 0.3 is 0 Å². The van der Waals surface area contributed by atoms with E-state index in [9.17, 15) is 4.79 Å². The highest BCUT2D eigenvalue weighted by Crippen LogP contribution is 2.26. The van der Waals surface area contributed by atoms with E-state index >= 15 is 0 Å². The van der Waals surface area contributed by atoms with Crippen molar-refractivity contribution in [3.63, 3.8) is 0 Å². The van der Waals surface area contributed by atoms with E-state index in [1.165, 1.54) is 28.1 Å². The molecule has 0 aliphatic rings. The maximum atomic E-state index is 11.7. The summed E-state index contributed by atoms with van der Waals surface area (Å²) < 4.78 is 7.24. The lowest BCUT2D eigenvalue weighted by Gasteiger charge is -2.11.